The molecule has 0 heterocycles. The summed E-state index contributed by atoms with van der Waals surface area (Å²) in [6.45, 7) is 8.08. The van der Waals surface area contributed by atoms with Gasteiger partial charge in [-0.05, 0) is 25.0 Å². The van der Waals surface area contributed by atoms with Crippen LogP contribution in [0, 0.1) is 0 Å². The number of amides is 1. The van der Waals surface area contributed by atoms with Crippen molar-refractivity contribution < 1.29 is 9.28 Å². The lowest BCUT2D eigenvalue weighted by Gasteiger charge is -2.31. The highest BCUT2D eigenvalue weighted by atomic mass is 16.1. The van der Waals surface area contributed by atoms with E-state index in [4.69, 9.17) is 0 Å². The van der Waals surface area contributed by atoms with E-state index in [1.54, 1.807) is 0 Å². The molecule has 146 valence electrons. The lowest BCUT2D eigenvalue weighted by Crippen LogP contribution is -2.40. The van der Waals surface area contributed by atoms with Gasteiger partial charge in [-0.3, -0.25) is 9.28 Å². The van der Waals surface area contributed by atoms with E-state index in [0.29, 0.717) is 13.0 Å². The van der Waals surface area contributed by atoms with E-state index >= 15 is 0 Å². The van der Waals surface area contributed by atoms with Crippen LogP contribution in [0.3, 0.4) is 0 Å². The van der Waals surface area contributed by atoms with Gasteiger partial charge < -0.3 is 5.32 Å². The monoisotopic (exact) mass is 359 g/mol. The maximum atomic E-state index is 12.2. The first-order chi connectivity index (χ1) is 12.5. The highest BCUT2D eigenvalue weighted by molar-refractivity contribution is 5.77. The summed E-state index contributed by atoms with van der Waals surface area (Å²) in [6, 6.07) is 10.0. The third-order valence-electron chi connectivity index (χ3n) is 5.12. The van der Waals surface area contributed by atoms with Crippen molar-refractivity contribution in [1.29, 1.82) is 0 Å². The number of nitrogens with one attached hydrogen (secondary N) is 1. The molecule has 1 aromatic carbocycles. The Bertz CT molecular complexity index is 522. The van der Waals surface area contributed by atoms with Gasteiger partial charge in [-0.2, -0.15) is 0 Å². The zero-order valence-electron chi connectivity index (χ0n) is 17.2. The molecule has 0 aliphatic carbocycles. The normalized spacial score (nSPS) is 11.3. The van der Waals surface area contributed by atoms with Crippen molar-refractivity contribution in [3.05, 3.63) is 48.2 Å². The molecule has 3 heteroatoms. The fourth-order valence-corrected chi connectivity index (χ4v) is 3.06. The fourth-order valence-electron chi connectivity index (χ4n) is 3.06. The smallest absolute Gasteiger partial charge is 0.230 e. The average molecular weight is 360 g/mol. The Labute approximate surface area is 161 Å². The van der Waals surface area contributed by atoms with Crippen LogP contribution < -0.4 is 5.32 Å². The van der Waals surface area contributed by atoms with Gasteiger partial charge >= 0.3 is 0 Å². The summed E-state index contributed by atoms with van der Waals surface area (Å²) in [6.07, 6.45) is 11.0. The second kappa shape index (κ2) is 12.7. The topological polar surface area (TPSA) is 29.1 Å². The van der Waals surface area contributed by atoms with Gasteiger partial charge in [-0.1, -0.05) is 75.8 Å². The van der Waals surface area contributed by atoms with Crippen LogP contribution >= 0.6 is 0 Å². The number of rotatable bonds is 14. The summed E-state index contributed by atoms with van der Waals surface area (Å²) < 4.78 is 0.731. The van der Waals surface area contributed by atoms with E-state index in [9.17, 15) is 4.79 Å². The SMILES string of the molecule is C=C(CC(=O)NCc1ccccc1)[N+](C)(C)CCCCCCCCCC. The Morgan fingerprint density at radius 1 is 0.962 bits per heavy atom. The van der Waals surface area contributed by atoms with Gasteiger partial charge in [0.1, 0.15) is 12.1 Å². The van der Waals surface area contributed by atoms with Gasteiger partial charge in [-0.15, -0.1) is 0 Å². The first-order valence-corrected chi connectivity index (χ1v) is 10.3. The molecule has 3 nitrogen and oxygen atoms in total. The van der Waals surface area contributed by atoms with Crippen molar-refractivity contribution in [2.75, 3.05) is 20.6 Å². The van der Waals surface area contributed by atoms with Crippen molar-refractivity contribution in [2.24, 2.45) is 0 Å². The third kappa shape index (κ3) is 9.76. The summed E-state index contributed by atoms with van der Waals surface area (Å²) in [5.74, 6) is 0.0565. The Balaban J connectivity index is 2.19. The third-order valence-corrected chi connectivity index (χ3v) is 5.12. The van der Waals surface area contributed by atoms with Crippen molar-refractivity contribution in [3.8, 4) is 0 Å². The zero-order valence-corrected chi connectivity index (χ0v) is 17.2. The minimum Gasteiger partial charge on any atom is -0.352 e. The van der Waals surface area contributed by atoms with Crippen LogP contribution in [0.4, 0.5) is 0 Å². The molecule has 26 heavy (non-hydrogen) atoms. The summed E-state index contributed by atoms with van der Waals surface area (Å²) in [5, 5.41) is 2.99. The Morgan fingerprint density at radius 3 is 2.15 bits per heavy atom. The van der Waals surface area contributed by atoms with Crippen LogP contribution in [0.2, 0.25) is 0 Å². The molecule has 0 unspecified atom stereocenters. The molecule has 1 aromatic rings. The predicted molar refractivity (Wildman–Crippen MR) is 112 cm³/mol. The first-order valence-electron chi connectivity index (χ1n) is 10.3. The molecule has 0 saturated carbocycles. The van der Waals surface area contributed by atoms with Crippen LogP contribution in [0.1, 0.15) is 70.3 Å². The van der Waals surface area contributed by atoms with Crippen molar-refractivity contribution in [1.82, 2.24) is 5.32 Å². The number of unbranched alkanes of at least 4 members (excludes halogenated alkanes) is 7. The number of carbonyl (C=O) groups is 1. The van der Waals surface area contributed by atoms with Crippen molar-refractivity contribution in [3.63, 3.8) is 0 Å². The number of carbonyl (C=O) groups excluding carboxylic acids is 1. The van der Waals surface area contributed by atoms with Crippen LogP contribution in [-0.2, 0) is 11.3 Å². The van der Waals surface area contributed by atoms with Crippen LogP contribution in [0.25, 0.3) is 0 Å². The number of benzene rings is 1. The van der Waals surface area contributed by atoms with Gasteiger partial charge in [0.2, 0.25) is 5.91 Å². The van der Waals surface area contributed by atoms with Crippen LogP contribution in [-0.4, -0.2) is 31.0 Å². The lowest BCUT2D eigenvalue weighted by molar-refractivity contribution is -0.853. The van der Waals surface area contributed by atoms with Gasteiger partial charge in [-0.25, -0.2) is 0 Å². The van der Waals surface area contributed by atoms with Crippen LogP contribution in [0.5, 0.6) is 0 Å². The molecule has 0 atom stereocenters. The molecule has 0 aliphatic rings. The number of hydrogen-bond acceptors (Lipinski definition) is 1. The summed E-state index contributed by atoms with van der Waals surface area (Å²) in [7, 11) is 4.32. The van der Waals surface area contributed by atoms with Gasteiger partial charge in [0.05, 0.1) is 20.6 Å². The zero-order chi connectivity index (χ0) is 19.3. The first kappa shape index (κ1) is 22.4. The predicted octanol–water partition coefficient (Wildman–Crippen LogP) is 5.42. The molecule has 0 fully saturated rings. The number of nitrogens with zero attached hydrogens (tertiary/aromatic N) is 1. The van der Waals surface area contributed by atoms with Gasteiger partial charge in [0.15, 0.2) is 0 Å². The van der Waals surface area contributed by atoms with E-state index in [2.05, 4.69) is 32.9 Å². The van der Waals surface area contributed by atoms with E-state index in [-0.39, 0.29) is 5.91 Å². The molecule has 0 saturated heterocycles. The summed E-state index contributed by atoms with van der Waals surface area (Å²) in [4.78, 5) is 12.2. The highest BCUT2D eigenvalue weighted by Crippen LogP contribution is 2.16. The second-order valence-electron chi connectivity index (χ2n) is 7.89. The highest BCUT2D eigenvalue weighted by Gasteiger charge is 2.22. The molecular formula is C23H39N2O+. The number of quaternary nitrogens is 1. The fraction of sp³-hybridized carbons (Fsp3) is 0.609. The molecule has 1 amide bonds. The van der Waals surface area contributed by atoms with Gasteiger partial charge in [0.25, 0.3) is 0 Å². The second-order valence-corrected chi connectivity index (χ2v) is 7.89. The van der Waals surface area contributed by atoms with E-state index in [1.165, 1.54) is 51.4 Å². The summed E-state index contributed by atoms with van der Waals surface area (Å²) >= 11 is 0. The standard InChI is InChI=1S/C23H38N2O/c1-5-6-7-8-9-10-11-15-18-25(3,4)21(2)19-23(26)24-20-22-16-13-12-14-17-22/h12-14,16-17H,2,5-11,15,18-20H2,1,3-4H3/p+1. The molecule has 0 aliphatic heterocycles. The quantitative estimate of drug-likeness (QED) is 0.348. The molecule has 0 bridgehead atoms. The Hall–Kier alpha value is -1.61. The van der Waals surface area contributed by atoms with Gasteiger partial charge in [0, 0.05) is 6.54 Å². The largest absolute Gasteiger partial charge is 0.352 e. The summed E-state index contributed by atoms with van der Waals surface area (Å²) in [5.41, 5.74) is 2.11. The lowest BCUT2D eigenvalue weighted by atomic mass is 10.1. The average Bonchev–Trinajstić information content (AvgIpc) is 2.63. The molecule has 1 rings (SSSR count). The number of hydrogen-bond donors (Lipinski definition) is 1. The molecule has 0 radical (unpaired) electrons. The molecule has 0 aromatic heterocycles. The molecule has 0 spiro atoms. The maximum absolute atomic E-state index is 12.2. The Kier molecular flexibility index (Phi) is 11.0. The van der Waals surface area contributed by atoms with Crippen LogP contribution in [0.15, 0.2) is 42.6 Å². The maximum Gasteiger partial charge on any atom is 0.230 e. The minimum atomic E-state index is 0.0565. The molecule has 1 N–H and O–H groups in total. The molecular weight excluding hydrogens is 320 g/mol. The van der Waals surface area contributed by atoms with Crippen molar-refractivity contribution in [2.45, 2.75) is 71.3 Å². The van der Waals surface area contributed by atoms with Crippen molar-refractivity contribution >= 4 is 5.91 Å². The van der Waals surface area contributed by atoms with E-state index < -0.39 is 0 Å². The minimum absolute atomic E-state index is 0.0565. The van der Waals surface area contributed by atoms with E-state index in [1.807, 2.05) is 30.3 Å². The van der Waals surface area contributed by atoms with E-state index in [0.717, 1.165) is 22.3 Å². The Morgan fingerprint density at radius 2 is 1.54 bits per heavy atom.